The maximum Gasteiger partial charge on any atom is 0.328 e. The number of carbonyl (C=O) groups excluding carboxylic acids is 2. The molecule has 1 aromatic carbocycles. The molecule has 26 heavy (non-hydrogen) atoms. The van der Waals surface area contributed by atoms with E-state index in [-0.39, 0.29) is 45.1 Å². The molecule has 1 N–H and O–H groups in total. The second kappa shape index (κ2) is 6.81. The Morgan fingerprint density at radius 1 is 1.27 bits per heavy atom. The number of furan rings is 1. The van der Waals surface area contributed by atoms with E-state index in [1.54, 1.807) is 19.1 Å². The van der Waals surface area contributed by atoms with Gasteiger partial charge >= 0.3 is 6.03 Å². The second-order valence-electron chi connectivity index (χ2n) is 5.28. The van der Waals surface area contributed by atoms with Crippen LogP contribution in [0.5, 0.6) is 0 Å². The number of likely N-dealkylation sites (N-methyl/N-ethyl adjacent to an activating group) is 1. The Kier molecular flexibility index (Phi) is 4.71. The van der Waals surface area contributed by atoms with Crippen LogP contribution in [0, 0.1) is 10.1 Å². The van der Waals surface area contributed by atoms with Gasteiger partial charge in [0.05, 0.1) is 9.95 Å². The molecule has 2 heterocycles. The first-order valence-corrected chi connectivity index (χ1v) is 8.15. The highest BCUT2D eigenvalue weighted by Gasteiger charge is 2.32. The number of halogens is 2. The first kappa shape index (κ1) is 18.0. The van der Waals surface area contributed by atoms with Crippen molar-refractivity contribution in [1.82, 2.24) is 10.2 Å². The standard InChI is InChI=1S/C16H11Cl2N3O5/c1-2-20-15(22)12(19-16(20)23)5-8-3-4-14(26-8)9-6-13(21(24)25)11(18)7-10(9)17/h3-7H,2H2,1H3,(H,19,23)/b12-5+. The Balaban J connectivity index is 1.96. The van der Waals surface area contributed by atoms with Crippen LogP contribution < -0.4 is 5.32 Å². The van der Waals surface area contributed by atoms with Gasteiger partial charge in [0.2, 0.25) is 0 Å². The van der Waals surface area contributed by atoms with Crippen LogP contribution in [0.2, 0.25) is 10.0 Å². The van der Waals surface area contributed by atoms with E-state index in [2.05, 4.69) is 5.32 Å². The normalized spacial score (nSPS) is 15.7. The Bertz CT molecular complexity index is 967. The van der Waals surface area contributed by atoms with Crippen LogP contribution in [0.15, 0.2) is 34.4 Å². The van der Waals surface area contributed by atoms with Gasteiger partial charge in [0, 0.05) is 24.3 Å². The number of carbonyl (C=O) groups is 2. The van der Waals surface area contributed by atoms with Gasteiger partial charge in [-0.1, -0.05) is 23.2 Å². The highest BCUT2D eigenvalue weighted by Crippen LogP contribution is 2.37. The number of rotatable bonds is 4. The molecule has 3 amide bonds. The predicted molar refractivity (Wildman–Crippen MR) is 94.7 cm³/mol. The fourth-order valence-electron chi connectivity index (χ4n) is 2.44. The zero-order valence-corrected chi connectivity index (χ0v) is 14.8. The van der Waals surface area contributed by atoms with E-state index >= 15 is 0 Å². The SMILES string of the molecule is CCN1C(=O)N/C(=C/c2ccc(-c3cc([N+](=O)[O-])c(Cl)cc3Cl)o2)C1=O. The lowest BCUT2D eigenvalue weighted by atomic mass is 10.1. The second-order valence-corrected chi connectivity index (χ2v) is 6.09. The molecule has 0 radical (unpaired) electrons. The lowest BCUT2D eigenvalue weighted by Crippen LogP contribution is -2.30. The smallest absolute Gasteiger partial charge is 0.328 e. The zero-order valence-electron chi connectivity index (χ0n) is 13.3. The molecule has 1 aromatic heterocycles. The maximum atomic E-state index is 12.1. The van der Waals surface area contributed by atoms with Crippen molar-refractivity contribution in [2.45, 2.75) is 6.92 Å². The van der Waals surface area contributed by atoms with Crippen LogP contribution >= 0.6 is 23.2 Å². The van der Waals surface area contributed by atoms with Crippen LogP contribution in [0.4, 0.5) is 10.5 Å². The molecule has 1 saturated heterocycles. The Morgan fingerprint density at radius 2 is 2.00 bits per heavy atom. The molecule has 10 heteroatoms. The number of imide groups is 1. The van der Waals surface area contributed by atoms with Gasteiger partial charge in [0.1, 0.15) is 22.2 Å². The van der Waals surface area contributed by atoms with E-state index in [0.717, 1.165) is 4.90 Å². The summed E-state index contributed by atoms with van der Waals surface area (Å²) in [7, 11) is 0. The summed E-state index contributed by atoms with van der Waals surface area (Å²) in [6, 6.07) is 5.06. The van der Waals surface area contributed by atoms with Gasteiger partial charge in [-0.25, -0.2) is 4.79 Å². The Hall–Kier alpha value is -2.84. The molecule has 0 bridgehead atoms. The summed E-state index contributed by atoms with van der Waals surface area (Å²) in [4.78, 5) is 35.2. The van der Waals surface area contributed by atoms with Gasteiger partial charge in [-0.2, -0.15) is 0 Å². The molecule has 0 atom stereocenters. The third-order valence-electron chi connectivity index (χ3n) is 3.69. The largest absolute Gasteiger partial charge is 0.457 e. The number of urea groups is 1. The molecule has 0 spiro atoms. The third-order valence-corrected chi connectivity index (χ3v) is 4.31. The van der Waals surface area contributed by atoms with Crippen LogP contribution in [-0.4, -0.2) is 28.3 Å². The van der Waals surface area contributed by atoms with Crippen LogP contribution in [-0.2, 0) is 4.79 Å². The van der Waals surface area contributed by atoms with E-state index in [1.807, 2.05) is 0 Å². The minimum absolute atomic E-state index is 0.0749. The molecule has 134 valence electrons. The molecular formula is C16H11Cl2N3O5. The highest BCUT2D eigenvalue weighted by molar-refractivity contribution is 6.37. The van der Waals surface area contributed by atoms with Crippen molar-refractivity contribution in [3.05, 3.63) is 55.9 Å². The van der Waals surface area contributed by atoms with E-state index in [0.29, 0.717) is 0 Å². The molecule has 1 aliphatic heterocycles. The number of hydrogen-bond donors (Lipinski definition) is 1. The predicted octanol–water partition coefficient (Wildman–Crippen LogP) is 4.07. The van der Waals surface area contributed by atoms with E-state index < -0.39 is 16.9 Å². The summed E-state index contributed by atoms with van der Waals surface area (Å²) in [5.74, 6) is 0.0663. The van der Waals surface area contributed by atoms with Gasteiger partial charge in [0.25, 0.3) is 11.6 Å². The molecule has 1 aliphatic rings. The fraction of sp³-hybridized carbons (Fsp3) is 0.125. The molecule has 0 aliphatic carbocycles. The van der Waals surface area contributed by atoms with Crippen molar-refractivity contribution in [3.63, 3.8) is 0 Å². The third kappa shape index (κ3) is 3.16. The minimum atomic E-state index is -0.625. The Morgan fingerprint density at radius 3 is 2.62 bits per heavy atom. The average Bonchev–Trinajstić information content (AvgIpc) is 3.12. The summed E-state index contributed by atoms with van der Waals surface area (Å²) < 4.78 is 5.59. The number of nitrogens with one attached hydrogen (secondary N) is 1. The molecule has 0 saturated carbocycles. The van der Waals surface area contributed by atoms with Crippen LogP contribution in [0.3, 0.4) is 0 Å². The molecule has 1 fully saturated rings. The lowest BCUT2D eigenvalue weighted by molar-refractivity contribution is -0.384. The van der Waals surface area contributed by atoms with Crippen LogP contribution in [0.25, 0.3) is 17.4 Å². The summed E-state index contributed by atoms with van der Waals surface area (Å²) in [5.41, 5.74) is 0.0505. The minimum Gasteiger partial charge on any atom is -0.457 e. The van der Waals surface area contributed by atoms with Crippen molar-refractivity contribution in [3.8, 4) is 11.3 Å². The molecule has 2 aromatic rings. The van der Waals surface area contributed by atoms with Crippen molar-refractivity contribution >= 4 is 46.9 Å². The number of nitro benzene ring substituents is 1. The topological polar surface area (TPSA) is 106 Å². The van der Waals surface area contributed by atoms with Gasteiger partial charge < -0.3 is 9.73 Å². The summed E-state index contributed by atoms with van der Waals surface area (Å²) >= 11 is 11.9. The van der Waals surface area contributed by atoms with Crippen molar-refractivity contribution in [1.29, 1.82) is 0 Å². The number of nitro groups is 1. The Labute approximate surface area is 157 Å². The molecule has 8 nitrogen and oxygen atoms in total. The summed E-state index contributed by atoms with van der Waals surface area (Å²) in [6.45, 7) is 1.93. The number of nitrogens with zero attached hydrogens (tertiary/aromatic N) is 2. The fourth-order valence-corrected chi connectivity index (χ4v) is 2.99. The summed E-state index contributed by atoms with van der Waals surface area (Å²) in [5, 5.41) is 13.6. The maximum absolute atomic E-state index is 12.1. The van der Waals surface area contributed by atoms with E-state index in [1.165, 1.54) is 18.2 Å². The molecule has 3 rings (SSSR count). The molecular weight excluding hydrogens is 385 g/mol. The van der Waals surface area contributed by atoms with Crippen LogP contribution in [0.1, 0.15) is 12.7 Å². The van der Waals surface area contributed by atoms with E-state index in [4.69, 9.17) is 27.6 Å². The van der Waals surface area contributed by atoms with Gasteiger partial charge in [-0.05, 0) is 25.1 Å². The lowest BCUT2D eigenvalue weighted by Gasteiger charge is -2.05. The average molecular weight is 396 g/mol. The number of benzene rings is 1. The van der Waals surface area contributed by atoms with Crippen molar-refractivity contribution in [2.24, 2.45) is 0 Å². The molecule has 0 unspecified atom stereocenters. The number of amides is 3. The quantitative estimate of drug-likeness (QED) is 0.363. The van der Waals surface area contributed by atoms with E-state index in [9.17, 15) is 19.7 Å². The van der Waals surface area contributed by atoms with Crippen molar-refractivity contribution < 1.29 is 18.9 Å². The van der Waals surface area contributed by atoms with Crippen molar-refractivity contribution in [2.75, 3.05) is 6.54 Å². The zero-order chi connectivity index (χ0) is 19.0. The number of hydrogen-bond acceptors (Lipinski definition) is 5. The first-order chi connectivity index (χ1) is 12.3. The van der Waals surface area contributed by atoms with Gasteiger partial charge in [-0.15, -0.1) is 0 Å². The highest BCUT2D eigenvalue weighted by atomic mass is 35.5. The first-order valence-electron chi connectivity index (χ1n) is 7.40. The van der Waals surface area contributed by atoms with Gasteiger partial charge in [-0.3, -0.25) is 19.8 Å². The van der Waals surface area contributed by atoms with Gasteiger partial charge in [0.15, 0.2) is 0 Å². The monoisotopic (exact) mass is 395 g/mol. The summed E-state index contributed by atoms with van der Waals surface area (Å²) in [6.07, 6.45) is 1.37.